The van der Waals surface area contributed by atoms with E-state index in [4.69, 9.17) is 10.5 Å². The van der Waals surface area contributed by atoms with Crippen molar-refractivity contribution in [2.24, 2.45) is 11.3 Å². The molecule has 0 saturated carbocycles. The number of rotatable bonds is 7. The van der Waals surface area contributed by atoms with E-state index in [1.807, 2.05) is 25.1 Å². The minimum absolute atomic E-state index is 0.301. The van der Waals surface area contributed by atoms with E-state index in [-0.39, 0.29) is 0 Å². The second-order valence-corrected chi connectivity index (χ2v) is 4.03. The summed E-state index contributed by atoms with van der Waals surface area (Å²) in [4.78, 5) is 0. The quantitative estimate of drug-likeness (QED) is 0.625. The fourth-order valence-corrected chi connectivity index (χ4v) is 1.74. The molecular weight excluding hydrogens is 212 g/mol. The molecule has 0 heterocycles. The zero-order chi connectivity index (χ0) is 13.1. The molecule has 0 aliphatic heterocycles. The zero-order valence-corrected chi connectivity index (χ0v) is 10.1. The Morgan fingerprint density at radius 1 is 1.06 bits per heavy atom. The molecule has 0 aromatic rings. The van der Waals surface area contributed by atoms with Gasteiger partial charge in [-0.3, -0.25) is 0 Å². The molecule has 88 valence electrons. The summed E-state index contributed by atoms with van der Waals surface area (Å²) in [5, 5.41) is 35.9. The van der Waals surface area contributed by atoms with E-state index in [0.29, 0.717) is 25.7 Å². The summed E-state index contributed by atoms with van der Waals surface area (Å²) in [5.41, 5.74) is -1.25. The molecule has 0 rings (SSSR count). The Balaban J connectivity index is 4.81. The van der Waals surface area contributed by atoms with Crippen molar-refractivity contribution in [2.75, 3.05) is 0 Å². The van der Waals surface area contributed by atoms with Gasteiger partial charge in [0.05, 0.1) is 30.2 Å². The summed E-state index contributed by atoms with van der Waals surface area (Å²) >= 11 is 0. The molecule has 0 aliphatic carbocycles. The van der Waals surface area contributed by atoms with E-state index in [2.05, 4.69) is 6.07 Å². The van der Waals surface area contributed by atoms with Crippen LogP contribution in [0.15, 0.2) is 0 Å². The average Bonchev–Trinajstić information content (AvgIpc) is 2.37. The van der Waals surface area contributed by atoms with Crippen LogP contribution in [0.3, 0.4) is 0 Å². The standard InChI is InChI=1S/C13H16N4/c1-2-3-6-12(9-15)13(10-16,11-17)7-4-5-8-14/h12H,2-7H2,1H3. The summed E-state index contributed by atoms with van der Waals surface area (Å²) in [6.07, 6.45) is 3.44. The number of hydrogen-bond donors (Lipinski definition) is 0. The molecule has 1 unspecified atom stereocenters. The lowest BCUT2D eigenvalue weighted by Crippen LogP contribution is -2.26. The number of nitriles is 4. The third-order valence-corrected chi connectivity index (χ3v) is 2.86. The zero-order valence-electron chi connectivity index (χ0n) is 10.1. The number of hydrogen-bond acceptors (Lipinski definition) is 4. The summed E-state index contributed by atoms with van der Waals surface area (Å²) in [6.45, 7) is 2.00. The lowest BCUT2D eigenvalue weighted by atomic mass is 9.72. The van der Waals surface area contributed by atoms with Crippen LogP contribution in [-0.4, -0.2) is 0 Å². The van der Waals surface area contributed by atoms with Crippen LogP contribution in [0.2, 0.25) is 0 Å². The summed E-state index contributed by atoms with van der Waals surface area (Å²) in [6, 6.07) is 8.05. The van der Waals surface area contributed by atoms with Crippen molar-refractivity contribution in [3.63, 3.8) is 0 Å². The van der Waals surface area contributed by atoms with Gasteiger partial charge in [0.2, 0.25) is 0 Å². The first-order valence-electron chi connectivity index (χ1n) is 5.79. The van der Waals surface area contributed by atoms with Gasteiger partial charge >= 0.3 is 0 Å². The first kappa shape index (κ1) is 15.0. The minimum atomic E-state index is -1.25. The van der Waals surface area contributed by atoms with Crippen LogP contribution >= 0.6 is 0 Å². The summed E-state index contributed by atoms with van der Waals surface area (Å²) in [7, 11) is 0. The molecule has 0 bridgehead atoms. The van der Waals surface area contributed by atoms with Crippen molar-refractivity contribution in [2.45, 2.75) is 45.4 Å². The molecule has 0 aromatic carbocycles. The Morgan fingerprint density at radius 3 is 2.12 bits per heavy atom. The molecule has 0 radical (unpaired) electrons. The van der Waals surface area contributed by atoms with Gasteiger partial charge in [0.15, 0.2) is 5.41 Å². The van der Waals surface area contributed by atoms with Crippen LogP contribution in [0, 0.1) is 56.7 Å². The number of nitrogens with zero attached hydrogens (tertiary/aromatic N) is 4. The van der Waals surface area contributed by atoms with Gasteiger partial charge in [-0.2, -0.15) is 21.0 Å². The highest BCUT2D eigenvalue weighted by molar-refractivity contribution is 5.20. The van der Waals surface area contributed by atoms with Crippen LogP contribution in [0.1, 0.15) is 45.4 Å². The molecule has 0 amide bonds. The van der Waals surface area contributed by atoms with E-state index >= 15 is 0 Å². The molecule has 0 fully saturated rings. The average molecular weight is 228 g/mol. The maximum atomic E-state index is 9.17. The van der Waals surface area contributed by atoms with E-state index < -0.39 is 11.3 Å². The lowest BCUT2D eigenvalue weighted by Gasteiger charge is -2.23. The molecule has 0 N–H and O–H groups in total. The Morgan fingerprint density at radius 2 is 1.71 bits per heavy atom. The maximum Gasteiger partial charge on any atom is 0.159 e. The van der Waals surface area contributed by atoms with Gasteiger partial charge in [0.25, 0.3) is 0 Å². The third kappa shape index (κ3) is 4.14. The Bertz CT molecular complexity index is 372. The highest BCUT2D eigenvalue weighted by atomic mass is 14.5. The van der Waals surface area contributed by atoms with Crippen molar-refractivity contribution >= 4 is 0 Å². The lowest BCUT2D eigenvalue weighted by molar-refractivity contribution is 0.329. The van der Waals surface area contributed by atoms with E-state index in [1.165, 1.54) is 0 Å². The van der Waals surface area contributed by atoms with Crippen molar-refractivity contribution < 1.29 is 0 Å². The smallest absolute Gasteiger partial charge is 0.159 e. The molecule has 4 heteroatoms. The van der Waals surface area contributed by atoms with E-state index in [9.17, 15) is 10.5 Å². The van der Waals surface area contributed by atoms with Crippen LogP contribution in [0.5, 0.6) is 0 Å². The van der Waals surface area contributed by atoms with Gasteiger partial charge in [-0.15, -0.1) is 0 Å². The predicted molar refractivity (Wildman–Crippen MR) is 61.8 cm³/mol. The largest absolute Gasteiger partial charge is 0.198 e. The van der Waals surface area contributed by atoms with Crippen molar-refractivity contribution in [3.8, 4) is 24.3 Å². The highest BCUT2D eigenvalue weighted by Crippen LogP contribution is 2.35. The van der Waals surface area contributed by atoms with Crippen molar-refractivity contribution in [1.29, 1.82) is 21.0 Å². The fraction of sp³-hybridized carbons (Fsp3) is 0.692. The second-order valence-electron chi connectivity index (χ2n) is 4.03. The Hall–Kier alpha value is -2.04. The molecule has 0 saturated heterocycles. The fourth-order valence-electron chi connectivity index (χ4n) is 1.74. The SMILES string of the molecule is CCCCC(C#N)C(C#N)(C#N)CCCC#N. The van der Waals surface area contributed by atoms with Gasteiger partial charge in [-0.25, -0.2) is 0 Å². The van der Waals surface area contributed by atoms with Crippen molar-refractivity contribution in [3.05, 3.63) is 0 Å². The first-order valence-corrected chi connectivity index (χ1v) is 5.79. The highest BCUT2D eigenvalue weighted by Gasteiger charge is 2.39. The molecule has 1 atom stereocenters. The minimum Gasteiger partial charge on any atom is -0.198 e. The monoisotopic (exact) mass is 228 g/mol. The van der Waals surface area contributed by atoms with Gasteiger partial charge in [-0.05, 0) is 19.3 Å². The van der Waals surface area contributed by atoms with E-state index in [1.54, 1.807) is 0 Å². The summed E-state index contributed by atoms with van der Waals surface area (Å²) in [5.74, 6) is -0.559. The molecule has 0 aliphatic rings. The Labute approximate surface area is 103 Å². The molecule has 0 aromatic heterocycles. The number of unbranched alkanes of at least 4 members (excludes halogenated alkanes) is 2. The molecule has 4 nitrogen and oxygen atoms in total. The van der Waals surface area contributed by atoms with E-state index in [0.717, 1.165) is 12.8 Å². The van der Waals surface area contributed by atoms with Crippen LogP contribution in [0.4, 0.5) is 0 Å². The summed E-state index contributed by atoms with van der Waals surface area (Å²) < 4.78 is 0. The van der Waals surface area contributed by atoms with Gasteiger partial charge in [-0.1, -0.05) is 19.8 Å². The molecule has 0 spiro atoms. The van der Waals surface area contributed by atoms with Crippen LogP contribution in [-0.2, 0) is 0 Å². The molecule has 17 heavy (non-hydrogen) atoms. The van der Waals surface area contributed by atoms with Crippen molar-refractivity contribution in [1.82, 2.24) is 0 Å². The topological polar surface area (TPSA) is 95.2 Å². The van der Waals surface area contributed by atoms with Gasteiger partial charge in [0.1, 0.15) is 0 Å². The third-order valence-electron chi connectivity index (χ3n) is 2.86. The normalized spacial score (nSPS) is 11.6. The molecular formula is C13H16N4. The van der Waals surface area contributed by atoms with Gasteiger partial charge in [0, 0.05) is 6.42 Å². The second kappa shape index (κ2) is 8.15. The predicted octanol–water partition coefficient (Wildman–Crippen LogP) is 3.04. The maximum absolute atomic E-state index is 9.17. The van der Waals surface area contributed by atoms with Crippen LogP contribution < -0.4 is 0 Å². The van der Waals surface area contributed by atoms with Gasteiger partial charge < -0.3 is 0 Å². The Kier molecular flexibility index (Phi) is 7.17. The van der Waals surface area contributed by atoms with Crippen LogP contribution in [0.25, 0.3) is 0 Å². The first-order chi connectivity index (χ1) is 8.20.